The van der Waals surface area contributed by atoms with E-state index >= 15 is 0 Å². The third-order valence-electron chi connectivity index (χ3n) is 3.02. The van der Waals surface area contributed by atoms with Gasteiger partial charge in [-0.2, -0.15) is 0 Å². The van der Waals surface area contributed by atoms with Crippen molar-refractivity contribution < 1.29 is 14.2 Å². The Hall–Kier alpha value is -2.07. The first kappa shape index (κ1) is 14.3. The van der Waals surface area contributed by atoms with E-state index in [2.05, 4.69) is 5.32 Å². The molecule has 2 aromatic carbocycles. The maximum Gasteiger partial charge on any atom is 0.123 e. The zero-order valence-corrected chi connectivity index (χ0v) is 11.3. The lowest BCUT2D eigenvalue weighted by atomic mass is 10.1. The summed E-state index contributed by atoms with van der Waals surface area (Å²) in [6.45, 7) is 0.414. The molecule has 2 N–H and O–H groups in total. The monoisotopic (exact) mass is 275 g/mol. The number of ether oxygens (including phenoxy) is 1. The average Bonchev–Trinajstić information content (AvgIpc) is 2.47. The highest BCUT2D eigenvalue weighted by Crippen LogP contribution is 2.13. The van der Waals surface area contributed by atoms with Crippen molar-refractivity contribution in [3.05, 3.63) is 59.9 Å². The van der Waals surface area contributed by atoms with Crippen molar-refractivity contribution in [1.82, 2.24) is 0 Å². The van der Waals surface area contributed by atoms with Gasteiger partial charge in [0.15, 0.2) is 0 Å². The van der Waals surface area contributed by atoms with Crippen molar-refractivity contribution in [2.24, 2.45) is 0 Å². The number of hydrogen-bond acceptors (Lipinski definition) is 3. The molecule has 0 amide bonds. The molecule has 0 aliphatic carbocycles. The summed E-state index contributed by atoms with van der Waals surface area (Å²) in [5.41, 5.74) is 1.83. The van der Waals surface area contributed by atoms with Gasteiger partial charge in [0.1, 0.15) is 11.6 Å². The molecule has 0 unspecified atom stereocenters. The van der Waals surface area contributed by atoms with Gasteiger partial charge in [-0.25, -0.2) is 4.39 Å². The Morgan fingerprint density at radius 3 is 2.35 bits per heavy atom. The Kier molecular flexibility index (Phi) is 4.96. The smallest absolute Gasteiger partial charge is 0.123 e. The SMILES string of the molecule is COc1ccc(C[C@H](O)CNc2ccc(F)cc2)cc1. The van der Waals surface area contributed by atoms with Crippen LogP contribution in [0.5, 0.6) is 5.75 Å². The van der Waals surface area contributed by atoms with Gasteiger partial charge in [0.2, 0.25) is 0 Å². The molecule has 0 aromatic heterocycles. The van der Waals surface area contributed by atoms with Crippen molar-refractivity contribution >= 4 is 5.69 Å². The van der Waals surface area contributed by atoms with Crippen molar-refractivity contribution in [3.63, 3.8) is 0 Å². The summed E-state index contributed by atoms with van der Waals surface area (Å²) in [5.74, 6) is 0.530. The number of aliphatic hydroxyl groups excluding tert-OH is 1. The van der Waals surface area contributed by atoms with Crippen LogP contribution in [0.2, 0.25) is 0 Å². The van der Waals surface area contributed by atoms with Crippen molar-refractivity contribution in [2.45, 2.75) is 12.5 Å². The highest BCUT2D eigenvalue weighted by Gasteiger charge is 2.06. The van der Waals surface area contributed by atoms with Gasteiger partial charge in [0.25, 0.3) is 0 Å². The molecule has 0 bridgehead atoms. The van der Waals surface area contributed by atoms with Crippen LogP contribution in [-0.4, -0.2) is 24.9 Å². The molecule has 0 aliphatic heterocycles. The zero-order valence-electron chi connectivity index (χ0n) is 11.3. The molecule has 0 aliphatic rings. The minimum atomic E-state index is -0.506. The van der Waals surface area contributed by atoms with E-state index in [1.165, 1.54) is 12.1 Å². The van der Waals surface area contributed by atoms with Gasteiger partial charge in [-0.15, -0.1) is 0 Å². The predicted octanol–water partition coefficient (Wildman–Crippen LogP) is 2.85. The van der Waals surface area contributed by atoms with Gasteiger partial charge in [0, 0.05) is 18.7 Å². The quantitative estimate of drug-likeness (QED) is 0.851. The summed E-state index contributed by atoms with van der Waals surface area (Å²) in [7, 11) is 1.62. The number of anilines is 1. The molecule has 0 saturated heterocycles. The maximum atomic E-state index is 12.7. The first-order chi connectivity index (χ1) is 9.67. The summed E-state index contributed by atoms with van der Waals surface area (Å²) in [6, 6.07) is 13.7. The molecule has 4 heteroatoms. The lowest BCUT2D eigenvalue weighted by Crippen LogP contribution is -2.21. The topological polar surface area (TPSA) is 41.5 Å². The van der Waals surface area contributed by atoms with Gasteiger partial charge in [-0.3, -0.25) is 0 Å². The Balaban J connectivity index is 1.82. The number of methoxy groups -OCH3 is 1. The summed E-state index contributed by atoms with van der Waals surface area (Å²) >= 11 is 0. The van der Waals surface area contributed by atoms with E-state index < -0.39 is 6.10 Å². The molecule has 2 aromatic rings. The first-order valence-electron chi connectivity index (χ1n) is 6.48. The average molecular weight is 275 g/mol. The van der Waals surface area contributed by atoms with Gasteiger partial charge >= 0.3 is 0 Å². The molecular weight excluding hydrogens is 257 g/mol. The third kappa shape index (κ3) is 4.24. The molecule has 20 heavy (non-hydrogen) atoms. The molecule has 0 saturated carbocycles. The minimum absolute atomic E-state index is 0.269. The molecule has 0 heterocycles. The van der Waals surface area contributed by atoms with Crippen LogP contribution in [0.25, 0.3) is 0 Å². The fraction of sp³-hybridized carbons (Fsp3) is 0.250. The van der Waals surface area contributed by atoms with Gasteiger partial charge in [0.05, 0.1) is 13.2 Å². The predicted molar refractivity (Wildman–Crippen MR) is 77.6 cm³/mol. The van der Waals surface area contributed by atoms with E-state index in [1.807, 2.05) is 24.3 Å². The summed E-state index contributed by atoms with van der Waals surface area (Å²) in [6.07, 6.45) is 0.0477. The summed E-state index contributed by atoms with van der Waals surface area (Å²) in [4.78, 5) is 0. The van der Waals surface area contributed by atoms with E-state index in [0.29, 0.717) is 13.0 Å². The van der Waals surface area contributed by atoms with Crippen LogP contribution >= 0.6 is 0 Å². The number of rotatable bonds is 6. The molecule has 1 atom stereocenters. The lowest BCUT2D eigenvalue weighted by Gasteiger charge is -2.13. The second-order valence-corrected chi connectivity index (χ2v) is 4.59. The van der Waals surface area contributed by atoms with Crippen LogP contribution in [0.3, 0.4) is 0 Å². The van der Waals surface area contributed by atoms with Crippen LogP contribution in [0.15, 0.2) is 48.5 Å². The Morgan fingerprint density at radius 1 is 1.10 bits per heavy atom. The lowest BCUT2D eigenvalue weighted by molar-refractivity contribution is 0.188. The van der Waals surface area contributed by atoms with E-state index in [1.54, 1.807) is 19.2 Å². The molecule has 106 valence electrons. The second kappa shape index (κ2) is 6.91. The first-order valence-corrected chi connectivity index (χ1v) is 6.48. The van der Waals surface area contributed by atoms with Crippen molar-refractivity contribution in [2.75, 3.05) is 19.0 Å². The Labute approximate surface area is 118 Å². The van der Waals surface area contributed by atoms with Crippen molar-refractivity contribution in [3.8, 4) is 5.75 Å². The van der Waals surface area contributed by atoms with E-state index in [-0.39, 0.29) is 5.82 Å². The van der Waals surface area contributed by atoms with Crippen molar-refractivity contribution in [1.29, 1.82) is 0 Å². The molecule has 0 fully saturated rings. The van der Waals surface area contributed by atoms with E-state index in [4.69, 9.17) is 4.74 Å². The molecule has 2 rings (SSSR count). The molecular formula is C16H18FNO2. The zero-order chi connectivity index (χ0) is 14.4. The van der Waals surface area contributed by atoms with Crippen LogP contribution < -0.4 is 10.1 Å². The standard InChI is InChI=1S/C16H18FNO2/c1-20-16-8-2-12(3-9-16)10-15(19)11-18-14-6-4-13(17)5-7-14/h2-9,15,18-19H,10-11H2,1H3/t15-/m0/s1. The minimum Gasteiger partial charge on any atom is -0.497 e. The normalized spacial score (nSPS) is 11.9. The highest BCUT2D eigenvalue weighted by atomic mass is 19.1. The van der Waals surface area contributed by atoms with Gasteiger partial charge < -0.3 is 15.2 Å². The molecule has 3 nitrogen and oxygen atoms in total. The molecule has 0 radical (unpaired) electrons. The van der Waals surface area contributed by atoms with Crippen LogP contribution in [0, 0.1) is 5.82 Å². The fourth-order valence-corrected chi connectivity index (χ4v) is 1.91. The van der Waals surface area contributed by atoms with E-state index in [9.17, 15) is 9.50 Å². The summed E-state index contributed by atoms with van der Waals surface area (Å²) in [5, 5.41) is 13.1. The van der Waals surface area contributed by atoms with Gasteiger partial charge in [-0.1, -0.05) is 12.1 Å². The van der Waals surface area contributed by atoms with E-state index in [0.717, 1.165) is 17.0 Å². The number of hydrogen-bond donors (Lipinski definition) is 2. The number of halogens is 1. The second-order valence-electron chi connectivity index (χ2n) is 4.59. The van der Waals surface area contributed by atoms with Gasteiger partial charge in [-0.05, 0) is 42.0 Å². The number of aliphatic hydroxyl groups is 1. The van der Waals surface area contributed by atoms with Crippen LogP contribution in [-0.2, 0) is 6.42 Å². The van der Waals surface area contributed by atoms with Crippen LogP contribution in [0.4, 0.5) is 10.1 Å². The van der Waals surface area contributed by atoms with Crippen LogP contribution in [0.1, 0.15) is 5.56 Å². The number of nitrogens with one attached hydrogen (secondary N) is 1. The largest absolute Gasteiger partial charge is 0.497 e. The number of benzene rings is 2. The Bertz CT molecular complexity index is 525. The third-order valence-corrected chi connectivity index (χ3v) is 3.02. The Morgan fingerprint density at radius 2 is 1.75 bits per heavy atom. The summed E-state index contributed by atoms with van der Waals surface area (Å²) < 4.78 is 17.8. The molecule has 0 spiro atoms. The maximum absolute atomic E-state index is 12.7. The fourth-order valence-electron chi connectivity index (χ4n) is 1.91. The highest BCUT2D eigenvalue weighted by molar-refractivity contribution is 5.42.